The Labute approximate surface area is 122 Å². The van der Waals surface area contributed by atoms with Crippen molar-refractivity contribution in [2.24, 2.45) is 0 Å². The van der Waals surface area contributed by atoms with Gasteiger partial charge in [0.25, 0.3) is 0 Å². The average molecular weight is 326 g/mol. The first-order valence-electron chi connectivity index (χ1n) is 6.65. The topological polar surface area (TPSA) is 44.4 Å². The van der Waals surface area contributed by atoms with E-state index in [1.807, 2.05) is 25.1 Å². The van der Waals surface area contributed by atoms with Gasteiger partial charge >= 0.3 is 0 Å². The molecule has 1 saturated heterocycles. The van der Waals surface area contributed by atoms with Gasteiger partial charge in [0.05, 0.1) is 12.2 Å². The molecule has 0 radical (unpaired) electrons. The van der Waals surface area contributed by atoms with E-state index in [1.54, 1.807) is 0 Å². The number of nitrogens with one attached hydrogen (secondary N) is 2. The van der Waals surface area contributed by atoms with Gasteiger partial charge < -0.3 is 10.6 Å². The van der Waals surface area contributed by atoms with Crippen molar-refractivity contribution in [3.05, 3.63) is 28.2 Å². The molecule has 0 spiro atoms. The Morgan fingerprint density at radius 2 is 2.26 bits per heavy atom. The van der Waals surface area contributed by atoms with E-state index in [-0.39, 0.29) is 5.91 Å². The maximum Gasteiger partial charge on any atom is 0.238 e. The molecule has 0 atom stereocenters. The van der Waals surface area contributed by atoms with E-state index in [0.29, 0.717) is 6.54 Å². The molecule has 1 aromatic carbocycles. The fourth-order valence-corrected chi connectivity index (χ4v) is 2.56. The van der Waals surface area contributed by atoms with Gasteiger partial charge in [0, 0.05) is 17.6 Å². The molecule has 0 bridgehead atoms. The molecule has 1 heterocycles. The molecule has 0 unspecified atom stereocenters. The Bertz CT molecular complexity index is 442. The normalized spacial score (nSPS) is 16.9. The highest BCUT2D eigenvalue weighted by Gasteiger charge is 2.13. The van der Waals surface area contributed by atoms with E-state index in [0.717, 1.165) is 48.3 Å². The minimum absolute atomic E-state index is 0.0493. The van der Waals surface area contributed by atoms with E-state index in [9.17, 15) is 4.79 Å². The minimum atomic E-state index is 0.0493. The number of anilines is 1. The number of carbonyl (C=O) groups excluding carboxylic acids is 1. The van der Waals surface area contributed by atoms with Crippen LogP contribution in [0.5, 0.6) is 0 Å². The molecule has 4 nitrogen and oxygen atoms in total. The number of halogens is 1. The van der Waals surface area contributed by atoms with Crippen LogP contribution in [0.25, 0.3) is 0 Å². The third-order valence-corrected chi connectivity index (χ3v) is 4.32. The number of rotatable bonds is 3. The summed E-state index contributed by atoms with van der Waals surface area (Å²) in [7, 11) is 0. The van der Waals surface area contributed by atoms with Crippen molar-refractivity contribution in [3.63, 3.8) is 0 Å². The summed E-state index contributed by atoms with van der Waals surface area (Å²) in [5.74, 6) is 0.0493. The molecule has 1 fully saturated rings. The van der Waals surface area contributed by atoms with Crippen LogP contribution in [0.4, 0.5) is 5.69 Å². The lowest BCUT2D eigenvalue weighted by molar-refractivity contribution is -0.117. The molecule has 5 heteroatoms. The molecule has 1 aliphatic heterocycles. The quantitative estimate of drug-likeness (QED) is 0.893. The lowest BCUT2D eigenvalue weighted by Gasteiger charge is -2.19. The average Bonchev–Trinajstić information content (AvgIpc) is 2.63. The van der Waals surface area contributed by atoms with Crippen LogP contribution < -0.4 is 10.6 Å². The number of hydrogen-bond acceptors (Lipinski definition) is 3. The van der Waals surface area contributed by atoms with Gasteiger partial charge in [-0.1, -0.05) is 12.1 Å². The molecule has 2 rings (SSSR count). The second kappa shape index (κ2) is 7.03. The summed E-state index contributed by atoms with van der Waals surface area (Å²) in [6, 6.07) is 5.88. The van der Waals surface area contributed by atoms with Gasteiger partial charge in [0.1, 0.15) is 0 Å². The van der Waals surface area contributed by atoms with Crippen LogP contribution >= 0.6 is 15.9 Å². The number of amides is 1. The van der Waals surface area contributed by atoms with Gasteiger partial charge in [-0.25, -0.2) is 0 Å². The van der Waals surface area contributed by atoms with Crippen LogP contribution in [-0.4, -0.2) is 43.5 Å². The third kappa shape index (κ3) is 4.30. The van der Waals surface area contributed by atoms with Crippen LogP contribution in [-0.2, 0) is 4.79 Å². The van der Waals surface area contributed by atoms with Crippen LogP contribution in [0.15, 0.2) is 22.7 Å². The van der Waals surface area contributed by atoms with Crippen molar-refractivity contribution in [2.75, 3.05) is 38.0 Å². The molecular weight excluding hydrogens is 306 g/mol. The van der Waals surface area contributed by atoms with Crippen LogP contribution in [0.3, 0.4) is 0 Å². The zero-order chi connectivity index (χ0) is 13.7. The fourth-order valence-electron chi connectivity index (χ4n) is 2.20. The first-order chi connectivity index (χ1) is 9.16. The van der Waals surface area contributed by atoms with Gasteiger partial charge in [-0.3, -0.25) is 9.69 Å². The zero-order valence-electron chi connectivity index (χ0n) is 11.2. The molecule has 0 aliphatic carbocycles. The zero-order valence-corrected chi connectivity index (χ0v) is 12.8. The van der Waals surface area contributed by atoms with E-state index in [1.165, 1.54) is 0 Å². The monoisotopic (exact) mass is 325 g/mol. The molecule has 2 N–H and O–H groups in total. The van der Waals surface area contributed by atoms with E-state index in [4.69, 9.17) is 0 Å². The molecule has 0 aromatic heterocycles. The Balaban J connectivity index is 1.91. The van der Waals surface area contributed by atoms with Gasteiger partial charge in [-0.2, -0.15) is 0 Å². The predicted octanol–water partition coefficient (Wildman–Crippen LogP) is 1.99. The van der Waals surface area contributed by atoms with Crippen molar-refractivity contribution in [2.45, 2.75) is 13.3 Å². The summed E-state index contributed by atoms with van der Waals surface area (Å²) in [6.45, 7) is 6.39. The third-order valence-electron chi connectivity index (χ3n) is 3.27. The van der Waals surface area contributed by atoms with E-state index in [2.05, 4.69) is 31.5 Å². The Hall–Kier alpha value is -0.910. The fraction of sp³-hybridized carbons (Fsp3) is 0.500. The second-order valence-electron chi connectivity index (χ2n) is 4.86. The first-order valence-corrected chi connectivity index (χ1v) is 7.44. The summed E-state index contributed by atoms with van der Waals surface area (Å²) >= 11 is 3.51. The van der Waals surface area contributed by atoms with Gasteiger partial charge in [0.2, 0.25) is 5.91 Å². The minimum Gasteiger partial charge on any atom is -0.324 e. The Morgan fingerprint density at radius 3 is 3.11 bits per heavy atom. The molecule has 1 amide bonds. The van der Waals surface area contributed by atoms with Crippen molar-refractivity contribution < 1.29 is 4.79 Å². The summed E-state index contributed by atoms with van der Waals surface area (Å²) in [5.41, 5.74) is 1.97. The van der Waals surface area contributed by atoms with Crippen LogP contribution in [0.1, 0.15) is 12.0 Å². The summed E-state index contributed by atoms with van der Waals surface area (Å²) < 4.78 is 0.959. The number of benzene rings is 1. The van der Waals surface area contributed by atoms with E-state index >= 15 is 0 Å². The van der Waals surface area contributed by atoms with Gasteiger partial charge in [-0.15, -0.1) is 0 Å². The predicted molar refractivity (Wildman–Crippen MR) is 81.4 cm³/mol. The maximum absolute atomic E-state index is 12.1. The van der Waals surface area contributed by atoms with Gasteiger partial charge in [0.15, 0.2) is 0 Å². The summed E-state index contributed by atoms with van der Waals surface area (Å²) in [6.07, 6.45) is 1.10. The Morgan fingerprint density at radius 1 is 1.42 bits per heavy atom. The van der Waals surface area contributed by atoms with Crippen molar-refractivity contribution in [1.29, 1.82) is 0 Å². The molecule has 0 saturated carbocycles. The first kappa shape index (κ1) is 14.5. The molecular formula is C14H20BrN3O. The molecule has 19 heavy (non-hydrogen) atoms. The van der Waals surface area contributed by atoms with Crippen LogP contribution in [0, 0.1) is 6.92 Å². The number of aryl methyl sites for hydroxylation is 1. The van der Waals surface area contributed by atoms with Crippen LogP contribution in [0.2, 0.25) is 0 Å². The smallest absolute Gasteiger partial charge is 0.238 e. The SMILES string of the molecule is Cc1cccc(NC(=O)CN2CCCNCC2)c1Br. The standard InChI is InChI=1S/C14H20BrN3O/c1-11-4-2-5-12(14(11)15)17-13(19)10-18-8-3-6-16-7-9-18/h2,4-5,16H,3,6-10H2,1H3,(H,17,19). The van der Waals surface area contributed by atoms with E-state index < -0.39 is 0 Å². The van der Waals surface area contributed by atoms with Crippen molar-refractivity contribution >= 4 is 27.5 Å². The largest absolute Gasteiger partial charge is 0.324 e. The number of hydrogen-bond donors (Lipinski definition) is 2. The lowest BCUT2D eigenvalue weighted by Crippen LogP contribution is -2.35. The highest BCUT2D eigenvalue weighted by molar-refractivity contribution is 9.10. The summed E-state index contributed by atoms with van der Waals surface area (Å²) in [4.78, 5) is 14.3. The molecule has 1 aliphatic rings. The highest BCUT2D eigenvalue weighted by atomic mass is 79.9. The molecule has 104 valence electrons. The number of nitrogens with zero attached hydrogens (tertiary/aromatic N) is 1. The highest BCUT2D eigenvalue weighted by Crippen LogP contribution is 2.25. The Kier molecular flexibility index (Phi) is 5.36. The maximum atomic E-state index is 12.1. The van der Waals surface area contributed by atoms with Gasteiger partial charge in [-0.05, 0) is 54.0 Å². The lowest BCUT2D eigenvalue weighted by atomic mass is 10.2. The van der Waals surface area contributed by atoms with Crippen molar-refractivity contribution in [1.82, 2.24) is 10.2 Å². The second-order valence-corrected chi connectivity index (χ2v) is 5.66. The number of carbonyl (C=O) groups is 1. The van der Waals surface area contributed by atoms with Crippen molar-refractivity contribution in [3.8, 4) is 0 Å². The molecule has 1 aromatic rings. The summed E-state index contributed by atoms with van der Waals surface area (Å²) in [5, 5.41) is 6.31.